The van der Waals surface area contributed by atoms with Crippen LogP contribution in [-0.4, -0.2) is 26.8 Å². The van der Waals surface area contributed by atoms with Crippen LogP contribution >= 0.6 is 0 Å². The normalized spacial score (nSPS) is 13.1. The predicted molar refractivity (Wildman–Crippen MR) is 121 cm³/mol. The van der Waals surface area contributed by atoms with Gasteiger partial charge in [0, 0.05) is 6.42 Å². The standard InChI is InChI=1S/C22H27N3O7/c26-21-19-17-15-13-11-9-7-5-3-1-2-4-6-8-10-12-14-16-18-20-22(23(27)28,24(29)30)25(31)32/h1-7,9-10,12-13,15-16,18,21H,8,11,14,17,19-20H2. The number of carbonyl (C=O) groups excluding carboxylic acids is 1. The molecule has 10 nitrogen and oxygen atoms in total. The van der Waals surface area contributed by atoms with E-state index >= 15 is 0 Å². The van der Waals surface area contributed by atoms with Crippen LogP contribution < -0.4 is 0 Å². The number of carbonyl (C=O) groups is 1. The second-order valence-electron chi connectivity index (χ2n) is 6.24. The molecule has 10 heteroatoms. The minimum absolute atomic E-state index is 0.342. The smallest absolute Gasteiger partial charge is 0.303 e. The predicted octanol–water partition coefficient (Wildman–Crippen LogP) is 4.90. The van der Waals surface area contributed by atoms with Gasteiger partial charge in [-0.15, -0.1) is 0 Å². The Balaban J connectivity index is 4.16. The van der Waals surface area contributed by atoms with Gasteiger partial charge in [-0.25, -0.2) is 0 Å². The highest BCUT2D eigenvalue weighted by Crippen LogP contribution is 2.18. The average molecular weight is 445 g/mol. The molecule has 0 fully saturated rings. The van der Waals surface area contributed by atoms with Gasteiger partial charge in [-0.3, -0.25) is 30.3 Å². The molecule has 0 aromatic heterocycles. The summed E-state index contributed by atoms with van der Waals surface area (Å²) in [5, 5.41) is 32.3. The van der Waals surface area contributed by atoms with Crippen LogP contribution in [0.25, 0.3) is 0 Å². The average Bonchev–Trinajstić information content (AvgIpc) is 2.74. The second-order valence-corrected chi connectivity index (χ2v) is 6.24. The van der Waals surface area contributed by atoms with Crippen LogP contribution in [0.15, 0.2) is 85.1 Å². The Kier molecular flexibility index (Phi) is 15.7. The first-order valence-electron chi connectivity index (χ1n) is 9.86. The molecular weight excluding hydrogens is 418 g/mol. The Labute approximate surface area is 186 Å². The molecule has 0 aliphatic carbocycles. The van der Waals surface area contributed by atoms with E-state index in [1.807, 2.05) is 66.8 Å². The van der Waals surface area contributed by atoms with Crippen molar-refractivity contribution in [1.82, 2.24) is 0 Å². The molecular formula is C22H27N3O7. The molecule has 0 aliphatic rings. The van der Waals surface area contributed by atoms with Crippen LogP contribution in [0.3, 0.4) is 0 Å². The molecule has 172 valence electrons. The van der Waals surface area contributed by atoms with E-state index in [1.54, 1.807) is 6.08 Å². The van der Waals surface area contributed by atoms with Gasteiger partial charge in [0.25, 0.3) is 0 Å². The summed E-state index contributed by atoms with van der Waals surface area (Å²) in [7, 11) is 0. The fourth-order valence-corrected chi connectivity index (χ4v) is 2.14. The Morgan fingerprint density at radius 1 is 0.531 bits per heavy atom. The summed E-state index contributed by atoms with van der Waals surface area (Å²) >= 11 is 0. The SMILES string of the molecule is O=CCCC=CCC=CC=CC=CC=CCC=CCC=CCC([N+](=O)[O-])([N+](=O)[O-])[N+](=O)[O-]. The van der Waals surface area contributed by atoms with Crippen molar-refractivity contribution in [3.63, 3.8) is 0 Å². The molecule has 0 heterocycles. The van der Waals surface area contributed by atoms with Crippen molar-refractivity contribution < 1.29 is 19.6 Å². The molecule has 32 heavy (non-hydrogen) atoms. The summed E-state index contributed by atoms with van der Waals surface area (Å²) in [6.45, 7) is 0. The van der Waals surface area contributed by atoms with E-state index in [-0.39, 0.29) is 0 Å². The molecule has 0 unspecified atom stereocenters. The van der Waals surface area contributed by atoms with Crippen molar-refractivity contribution in [3.05, 3.63) is 115 Å². The van der Waals surface area contributed by atoms with E-state index in [4.69, 9.17) is 0 Å². The summed E-state index contributed by atoms with van der Waals surface area (Å²) in [4.78, 5) is 38.0. The van der Waals surface area contributed by atoms with Crippen molar-refractivity contribution in [1.29, 1.82) is 0 Å². The molecule has 0 N–H and O–H groups in total. The van der Waals surface area contributed by atoms with Crippen molar-refractivity contribution in [2.24, 2.45) is 0 Å². The molecule has 0 bridgehead atoms. The summed E-state index contributed by atoms with van der Waals surface area (Å²) in [6.07, 6.45) is 28.4. The second kappa shape index (κ2) is 17.9. The highest BCUT2D eigenvalue weighted by atomic mass is 16.7. The van der Waals surface area contributed by atoms with Gasteiger partial charge in [0.05, 0.1) is 0 Å². The van der Waals surface area contributed by atoms with Gasteiger partial charge in [0.1, 0.15) is 6.29 Å². The van der Waals surface area contributed by atoms with Crippen LogP contribution in [-0.2, 0) is 4.79 Å². The van der Waals surface area contributed by atoms with Gasteiger partial charge >= 0.3 is 5.79 Å². The van der Waals surface area contributed by atoms with Crippen LogP contribution in [0.2, 0.25) is 0 Å². The lowest BCUT2D eigenvalue weighted by Gasteiger charge is -2.06. The first-order valence-corrected chi connectivity index (χ1v) is 9.86. The van der Waals surface area contributed by atoms with Gasteiger partial charge in [0.2, 0.25) is 0 Å². The lowest BCUT2D eigenvalue weighted by Crippen LogP contribution is -2.52. The van der Waals surface area contributed by atoms with E-state index in [1.165, 1.54) is 6.08 Å². The Hall–Kier alpha value is -3.95. The Morgan fingerprint density at radius 2 is 0.938 bits per heavy atom. The fraction of sp³-hybridized carbons (Fsp3) is 0.318. The molecule has 0 aliphatic heterocycles. The third-order valence-corrected chi connectivity index (χ3v) is 3.86. The maximum atomic E-state index is 10.8. The zero-order valence-corrected chi connectivity index (χ0v) is 17.6. The zero-order valence-electron chi connectivity index (χ0n) is 17.6. The quantitative estimate of drug-likeness (QED) is 0.0588. The first-order chi connectivity index (χ1) is 15.4. The highest BCUT2D eigenvalue weighted by Gasteiger charge is 2.69. The molecule has 0 rings (SSSR count). The van der Waals surface area contributed by atoms with E-state index in [9.17, 15) is 35.1 Å². The van der Waals surface area contributed by atoms with Gasteiger partial charge in [0.15, 0.2) is 21.2 Å². The van der Waals surface area contributed by atoms with Gasteiger partial charge < -0.3 is 4.79 Å². The summed E-state index contributed by atoms with van der Waals surface area (Å²) in [6, 6.07) is 0. The van der Waals surface area contributed by atoms with Crippen molar-refractivity contribution in [2.75, 3.05) is 0 Å². The molecule has 0 aromatic rings. The number of hydrogen-bond acceptors (Lipinski definition) is 7. The minimum atomic E-state index is -3.45. The summed E-state index contributed by atoms with van der Waals surface area (Å²) in [5.41, 5.74) is 0. The largest absolute Gasteiger partial charge is 0.703 e. The van der Waals surface area contributed by atoms with Crippen molar-refractivity contribution >= 4 is 6.29 Å². The third kappa shape index (κ3) is 11.9. The van der Waals surface area contributed by atoms with Crippen LogP contribution in [0.1, 0.15) is 38.5 Å². The van der Waals surface area contributed by atoms with Crippen LogP contribution in [0, 0.1) is 30.3 Å². The summed E-state index contributed by atoms with van der Waals surface area (Å²) < 4.78 is 0. The van der Waals surface area contributed by atoms with E-state index in [0.29, 0.717) is 19.3 Å². The number of allylic oxidation sites excluding steroid dienone is 13. The monoisotopic (exact) mass is 445 g/mol. The van der Waals surface area contributed by atoms with Crippen LogP contribution in [0.4, 0.5) is 0 Å². The van der Waals surface area contributed by atoms with Crippen molar-refractivity contribution in [2.45, 2.75) is 44.3 Å². The van der Waals surface area contributed by atoms with Crippen LogP contribution in [0.5, 0.6) is 0 Å². The fourth-order valence-electron chi connectivity index (χ4n) is 2.14. The zero-order chi connectivity index (χ0) is 24.1. The lowest BCUT2D eigenvalue weighted by molar-refractivity contribution is -0.968. The topological polar surface area (TPSA) is 146 Å². The Bertz CT molecular complexity index is 785. The maximum absolute atomic E-state index is 10.8. The first kappa shape index (κ1) is 28.0. The molecule has 0 aromatic carbocycles. The molecule has 0 saturated carbocycles. The maximum Gasteiger partial charge on any atom is 0.703 e. The highest BCUT2D eigenvalue weighted by molar-refractivity contribution is 5.49. The van der Waals surface area contributed by atoms with E-state index in [0.717, 1.165) is 25.2 Å². The molecule has 0 spiro atoms. The van der Waals surface area contributed by atoms with Gasteiger partial charge in [-0.05, 0) is 25.7 Å². The number of unbranched alkanes of at least 4 members (excludes halogenated alkanes) is 1. The molecule has 0 radical (unpaired) electrons. The summed E-state index contributed by atoms with van der Waals surface area (Å²) in [5.74, 6) is -3.45. The van der Waals surface area contributed by atoms with Crippen molar-refractivity contribution in [3.8, 4) is 0 Å². The third-order valence-electron chi connectivity index (χ3n) is 3.86. The number of hydrogen-bond donors (Lipinski definition) is 0. The van der Waals surface area contributed by atoms with E-state index < -0.39 is 27.0 Å². The number of rotatable bonds is 17. The number of nitrogens with zero attached hydrogens (tertiary/aromatic N) is 3. The number of aldehydes is 1. The molecule has 0 atom stereocenters. The number of nitro groups is 3. The van der Waals surface area contributed by atoms with E-state index in [2.05, 4.69) is 0 Å². The lowest BCUT2D eigenvalue weighted by atomic mass is 10.2. The Morgan fingerprint density at radius 3 is 1.41 bits per heavy atom. The van der Waals surface area contributed by atoms with Gasteiger partial charge in [-0.1, -0.05) is 85.1 Å². The molecule has 0 saturated heterocycles. The molecule has 0 amide bonds. The van der Waals surface area contributed by atoms with Gasteiger partial charge in [-0.2, -0.15) is 0 Å². The minimum Gasteiger partial charge on any atom is -0.303 e.